The van der Waals surface area contributed by atoms with E-state index in [1.54, 1.807) is 0 Å². The SMILES string of the molecule is Cc1cccc(OCCN2CCN(c3ncc(C(=O)O)c(COc4ccc(F)cc4)n3)CC2)c1C. The minimum atomic E-state index is -1.12. The second-order valence-corrected chi connectivity index (χ2v) is 8.45. The molecule has 0 amide bonds. The molecular weight excluding hydrogens is 451 g/mol. The monoisotopic (exact) mass is 480 g/mol. The molecule has 0 bridgehead atoms. The van der Waals surface area contributed by atoms with Crippen LogP contribution in [0.4, 0.5) is 10.3 Å². The van der Waals surface area contributed by atoms with E-state index in [1.165, 1.54) is 41.6 Å². The zero-order valence-electron chi connectivity index (χ0n) is 19.9. The third kappa shape index (κ3) is 6.24. The van der Waals surface area contributed by atoms with Crippen molar-refractivity contribution in [3.05, 3.63) is 76.9 Å². The molecule has 1 aliphatic rings. The van der Waals surface area contributed by atoms with Gasteiger partial charge >= 0.3 is 5.97 Å². The first-order valence-corrected chi connectivity index (χ1v) is 11.5. The molecule has 1 aromatic heterocycles. The first kappa shape index (κ1) is 24.4. The van der Waals surface area contributed by atoms with Crippen LogP contribution in [0.1, 0.15) is 27.2 Å². The maximum Gasteiger partial charge on any atom is 0.339 e. The molecule has 4 rings (SSSR count). The molecule has 0 unspecified atom stereocenters. The van der Waals surface area contributed by atoms with Gasteiger partial charge in [-0.1, -0.05) is 12.1 Å². The van der Waals surface area contributed by atoms with Crippen molar-refractivity contribution >= 4 is 11.9 Å². The lowest BCUT2D eigenvalue weighted by molar-refractivity contribution is 0.0692. The van der Waals surface area contributed by atoms with Crippen LogP contribution in [-0.2, 0) is 6.61 Å². The highest BCUT2D eigenvalue weighted by atomic mass is 19.1. The van der Waals surface area contributed by atoms with Crippen LogP contribution in [0.3, 0.4) is 0 Å². The molecule has 2 aromatic carbocycles. The number of hydrogen-bond donors (Lipinski definition) is 1. The van der Waals surface area contributed by atoms with Gasteiger partial charge in [0.1, 0.15) is 36.1 Å². The Bertz CT molecular complexity index is 1160. The van der Waals surface area contributed by atoms with E-state index in [2.05, 4.69) is 34.8 Å². The molecule has 0 spiro atoms. The van der Waals surface area contributed by atoms with Crippen LogP contribution in [0, 0.1) is 19.7 Å². The van der Waals surface area contributed by atoms with Crippen LogP contribution in [0.25, 0.3) is 0 Å². The number of nitrogens with zero attached hydrogens (tertiary/aromatic N) is 4. The first-order valence-electron chi connectivity index (χ1n) is 11.5. The van der Waals surface area contributed by atoms with Gasteiger partial charge in [-0.05, 0) is 55.3 Å². The summed E-state index contributed by atoms with van der Waals surface area (Å²) < 4.78 is 24.7. The fourth-order valence-corrected chi connectivity index (χ4v) is 3.87. The maximum absolute atomic E-state index is 13.1. The molecule has 0 atom stereocenters. The summed E-state index contributed by atoms with van der Waals surface area (Å²) in [5.41, 5.74) is 2.64. The van der Waals surface area contributed by atoms with Gasteiger partial charge < -0.3 is 19.5 Å². The molecule has 1 aliphatic heterocycles. The van der Waals surface area contributed by atoms with Crippen molar-refractivity contribution in [2.75, 3.05) is 44.2 Å². The Morgan fingerprint density at radius 3 is 2.51 bits per heavy atom. The second kappa shape index (κ2) is 11.1. The number of piperazine rings is 1. The summed E-state index contributed by atoms with van der Waals surface area (Å²) in [5, 5.41) is 9.51. The van der Waals surface area contributed by atoms with Gasteiger partial charge in [0.25, 0.3) is 0 Å². The van der Waals surface area contributed by atoms with E-state index in [0.717, 1.165) is 25.4 Å². The predicted octanol–water partition coefficient (Wildman–Crippen LogP) is 3.71. The third-order valence-electron chi connectivity index (χ3n) is 6.15. The number of aromatic nitrogens is 2. The fourth-order valence-electron chi connectivity index (χ4n) is 3.87. The van der Waals surface area contributed by atoms with Crippen LogP contribution >= 0.6 is 0 Å². The van der Waals surface area contributed by atoms with Crippen molar-refractivity contribution in [2.24, 2.45) is 0 Å². The van der Waals surface area contributed by atoms with Gasteiger partial charge in [-0.2, -0.15) is 0 Å². The van der Waals surface area contributed by atoms with E-state index in [0.29, 0.717) is 31.4 Å². The molecule has 1 saturated heterocycles. The highest BCUT2D eigenvalue weighted by Crippen LogP contribution is 2.21. The number of halogens is 1. The molecule has 1 fully saturated rings. The minimum Gasteiger partial charge on any atom is -0.492 e. The molecule has 0 saturated carbocycles. The number of hydrogen-bond acceptors (Lipinski definition) is 7. The molecule has 0 radical (unpaired) electrons. The summed E-state index contributed by atoms with van der Waals surface area (Å²) in [4.78, 5) is 24.8. The molecule has 8 nitrogen and oxygen atoms in total. The standard InChI is InChI=1S/C26H29FN4O4/c1-18-4-3-5-24(19(18)2)34-15-14-30-10-12-31(13-11-30)26-28-16-22(25(32)33)23(29-26)17-35-21-8-6-20(27)7-9-21/h3-9,16H,10-15,17H2,1-2H3,(H,32,33). The average Bonchev–Trinajstić information content (AvgIpc) is 2.86. The van der Waals surface area contributed by atoms with E-state index in [1.807, 2.05) is 17.0 Å². The summed E-state index contributed by atoms with van der Waals surface area (Å²) in [5.74, 6) is 0.330. The van der Waals surface area contributed by atoms with E-state index in [4.69, 9.17) is 9.47 Å². The highest BCUT2D eigenvalue weighted by molar-refractivity contribution is 5.88. The lowest BCUT2D eigenvalue weighted by Crippen LogP contribution is -2.48. The molecule has 35 heavy (non-hydrogen) atoms. The normalized spacial score (nSPS) is 14.1. The Balaban J connectivity index is 1.32. The van der Waals surface area contributed by atoms with Crippen molar-refractivity contribution in [2.45, 2.75) is 20.5 Å². The van der Waals surface area contributed by atoms with Crippen LogP contribution < -0.4 is 14.4 Å². The lowest BCUT2D eigenvalue weighted by atomic mass is 10.1. The van der Waals surface area contributed by atoms with Crippen molar-refractivity contribution in [1.29, 1.82) is 0 Å². The molecule has 0 aliphatic carbocycles. The van der Waals surface area contributed by atoms with Crippen LogP contribution in [0.5, 0.6) is 11.5 Å². The Morgan fingerprint density at radius 1 is 1.06 bits per heavy atom. The molecule has 1 N–H and O–H groups in total. The summed E-state index contributed by atoms with van der Waals surface area (Å²) in [6.45, 7) is 8.59. The largest absolute Gasteiger partial charge is 0.492 e. The van der Waals surface area contributed by atoms with Crippen LogP contribution in [-0.4, -0.2) is 65.3 Å². The predicted molar refractivity (Wildman–Crippen MR) is 130 cm³/mol. The number of ether oxygens (including phenoxy) is 2. The van der Waals surface area contributed by atoms with Gasteiger partial charge in [0.2, 0.25) is 5.95 Å². The van der Waals surface area contributed by atoms with E-state index in [-0.39, 0.29) is 23.7 Å². The van der Waals surface area contributed by atoms with E-state index < -0.39 is 5.97 Å². The molecular formula is C26H29FN4O4. The number of carboxylic acids is 1. The van der Waals surface area contributed by atoms with Crippen molar-refractivity contribution < 1.29 is 23.8 Å². The highest BCUT2D eigenvalue weighted by Gasteiger charge is 2.22. The van der Waals surface area contributed by atoms with Crippen molar-refractivity contribution in [3.8, 4) is 11.5 Å². The zero-order chi connectivity index (χ0) is 24.8. The van der Waals surface area contributed by atoms with Gasteiger partial charge in [-0.15, -0.1) is 0 Å². The topological polar surface area (TPSA) is 88.0 Å². The van der Waals surface area contributed by atoms with Gasteiger partial charge in [0.15, 0.2) is 0 Å². The third-order valence-corrected chi connectivity index (χ3v) is 6.15. The summed E-state index contributed by atoms with van der Waals surface area (Å²) >= 11 is 0. The quantitative estimate of drug-likeness (QED) is 0.496. The summed E-state index contributed by atoms with van der Waals surface area (Å²) in [6, 6.07) is 11.6. The fraction of sp³-hybridized carbons (Fsp3) is 0.346. The zero-order valence-corrected chi connectivity index (χ0v) is 19.9. The molecule has 2 heterocycles. The Labute approximate surface area is 203 Å². The Morgan fingerprint density at radius 2 is 1.80 bits per heavy atom. The maximum atomic E-state index is 13.1. The lowest BCUT2D eigenvalue weighted by Gasteiger charge is -2.34. The summed E-state index contributed by atoms with van der Waals surface area (Å²) in [6.07, 6.45) is 1.32. The number of benzene rings is 2. The van der Waals surface area contributed by atoms with Crippen LogP contribution in [0.2, 0.25) is 0 Å². The minimum absolute atomic E-state index is 0.0157. The number of aryl methyl sites for hydroxylation is 1. The first-order chi connectivity index (χ1) is 16.9. The Hall–Kier alpha value is -3.72. The Kier molecular flexibility index (Phi) is 7.77. The van der Waals surface area contributed by atoms with E-state index in [9.17, 15) is 14.3 Å². The summed E-state index contributed by atoms with van der Waals surface area (Å²) in [7, 11) is 0. The number of rotatable bonds is 9. The van der Waals surface area contributed by atoms with E-state index >= 15 is 0 Å². The van der Waals surface area contributed by atoms with Gasteiger partial charge in [0.05, 0.1) is 5.69 Å². The van der Waals surface area contributed by atoms with Crippen molar-refractivity contribution in [1.82, 2.24) is 14.9 Å². The number of carbonyl (C=O) groups is 1. The molecule has 184 valence electrons. The second-order valence-electron chi connectivity index (χ2n) is 8.45. The smallest absolute Gasteiger partial charge is 0.339 e. The number of carboxylic acid groups (broad SMARTS) is 1. The van der Waals surface area contributed by atoms with Crippen LogP contribution in [0.15, 0.2) is 48.7 Å². The van der Waals surface area contributed by atoms with Gasteiger partial charge in [-0.25, -0.2) is 19.2 Å². The number of aromatic carboxylic acids is 1. The number of anilines is 1. The van der Waals surface area contributed by atoms with Crippen molar-refractivity contribution in [3.63, 3.8) is 0 Å². The van der Waals surface area contributed by atoms with Gasteiger partial charge in [0, 0.05) is 38.9 Å². The average molecular weight is 481 g/mol. The molecule has 9 heteroatoms. The molecule has 3 aromatic rings. The van der Waals surface area contributed by atoms with Gasteiger partial charge in [-0.3, -0.25) is 4.90 Å².